The van der Waals surface area contributed by atoms with Gasteiger partial charge >= 0.3 is 7.12 Å². The molecule has 1 aliphatic heterocycles. The highest BCUT2D eigenvalue weighted by atomic mass is 79.9. The van der Waals surface area contributed by atoms with E-state index in [1.165, 1.54) is 201 Å². The van der Waals surface area contributed by atoms with Gasteiger partial charge in [-0.15, -0.1) is 0 Å². The third-order valence-corrected chi connectivity index (χ3v) is 30.0. The molecule has 0 saturated carbocycles. The van der Waals surface area contributed by atoms with Gasteiger partial charge < -0.3 is 9.31 Å². The van der Waals surface area contributed by atoms with Crippen LogP contribution < -0.4 is 5.46 Å². The van der Waals surface area contributed by atoms with Gasteiger partial charge in [-0.1, -0.05) is 392 Å². The highest BCUT2D eigenvalue weighted by Crippen LogP contribution is 2.51. The minimum absolute atomic E-state index is 0.390. The maximum absolute atomic E-state index is 6.42. The van der Waals surface area contributed by atoms with E-state index in [0.717, 1.165) is 70.5 Å². The minimum Gasteiger partial charge on any atom is -0.399 e. The molecule has 0 spiro atoms. The first-order valence-electron chi connectivity index (χ1n) is 46.9. The fourth-order valence-electron chi connectivity index (χ4n) is 22.4. The number of aromatic nitrogens is 4. The van der Waals surface area contributed by atoms with Crippen molar-refractivity contribution in [3.63, 3.8) is 0 Å². The smallest absolute Gasteiger partial charge is 0.399 e. The van der Waals surface area contributed by atoms with E-state index in [0.29, 0.717) is 0 Å². The van der Waals surface area contributed by atoms with Crippen molar-refractivity contribution in [3.05, 3.63) is 441 Å². The van der Waals surface area contributed by atoms with Crippen LogP contribution in [0.5, 0.6) is 0 Å². The average Bonchev–Trinajstić information content (AvgIpc) is 1.54. The molecule has 1 saturated heterocycles. The largest absolute Gasteiger partial charge is 0.494 e. The molecule has 638 valence electrons. The van der Waals surface area contributed by atoms with E-state index in [-0.39, 0.29) is 11.2 Å². The maximum atomic E-state index is 6.42. The lowest BCUT2D eigenvalue weighted by molar-refractivity contribution is 0.00578. The molecule has 1 fully saturated rings. The van der Waals surface area contributed by atoms with Crippen molar-refractivity contribution in [1.82, 2.24) is 18.8 Å². The van der Waals surface area contributed by atoms with Gasteiger partial charge in [-0.05, 0) is 268 Å². The molecule has 0 unspecified atom stereocenters. The lowest BCUT2D eigenvalue weighted by Crippen LogP contribution is -2.41. The van der Waals surface area contributed by atoms with E-state index in [4.69, 9.17) is 19.3 Å². The predicted octanol–water partition coefficient (Wildman–Crippen LogP) is 34.5. The van der Waals surface area contributed by atoms with Crippen LogP contribution in [0, 0.1) is 0 Å². The van der Waals surface area contributed by atoms with Crippen LogP contribution in [0.2, 0.25) is 0 Å². The quantitative estimate of drug-likeness (QED) is 0.0946. The number of hydrogen-bond acceptors (Lipinski definition) is 4. The van der Waals surface area contributed by atoms with E-state index >= 15 is 0 Å². The predicted molar refractivity (Wildman–Crippen MR) is 583 cm³/mol. The van der Waals surface area contributed by atoms with Crippen LogP contribution in [0.3, 0.4) is 0 Å². The topological polar surface area (TPSA) is 53.1 Å². The fraction of sp³-hybridized carbons (Fsp3) is 0.0469. The van der Waals surface area contributed by atoms with E-state index in [1.807, 2.05) is 0 Å². The number of benzene rings is 24. The summed E-state index contributed by atoms with van der Waals surface area (Å²) in [5.74, 6) is 0. The summed E-state index contributed by atoms with van der Waals surface area (Å²) in [6.07, 6.45) is 0. The van der Waals surface area contributed by atoms with Crippen LogP contribution in [0.25, 0.3) is 262 Å². The molecule has 4 aromatic heterocycles. The first-order chi connectivity index (χ1) is 66.8. The van der Waals surface area contributed by atoms with Gasteiger partial charge in [-0.3, -0.25) is 8.80 Å². The van der Waals surface area contributed by atoms with Crippen LogP contribution in [0.1, 0.15) is 27.7 Å². The minimum atomic E-state index is -0.414. The maximum Gasteiger partial charge on any atom is 0.494 e. The van der Waals surface area contributed by atoms with Crippen molar-refractivity contribution in [2.24, 2.45) is 0 Å². The normalized spacial score (nSPS) is 13.4. The molecule has 0 N–H and O–H groups in total. The summed E-state index contributed by atoms with van der Waals surface area (Å²) in [7, 11) is -0.414. The Labute approximate surface area is 792 Å². The van der Waals surface area contributed by atoms with E-state index < -0.39 is 7.12 Å². The number of pyridine rings is 2. The molecular weight excluding hydrogens is 1720 g/mol. The Morgan fingerprint density at radius 2 is 0.478 bits per heavy atom. The molecule has 0 atom stereocenters. The monoisotopic (exact) mass is 1800 g/mol. The van der Waals surface area contributed by atoms with Gasteiger partial charge in [0.15, 0.2) is 0 Å². The van der Waals surface area contributed by atoms with Gasteiger partial charge in [-0.25, -0.2) is 9.97 Å². The second-order valence-corrected chi connectivity index (χ2v) is 38.5. The molecular formula is C128H84BBrN4O2. The zero-order valence-corrected chi connectivity index (χ0v) is 76.7. The van der Waals surface area contributed by atoms with Crippen molar-refractivity contribution in [1.29, 1.82) is 0 Å². The first kappa shape index (κ1) is 79.5. The van der Waals surface area contributed by atoms with Crippen molar-refractivity contribution in [2.75, 3.05) is 0 Å². The van der Waals surface area contributed by atoms with Gasteiger partial charge in [0.2, 0.25) is 0 Å². The van der Waals surface area contributed by atoms with Gasteiger partial charge in [0.25, 0.3) is 0 Å². The van der Waals surface area contributed by atoms with Gasteiger partial charge in [0.1, 0.15) is 11.3 Å². The van der Waals surface area contributed by atoms with Gasteiger partial charge in [-0.2, -0.15) is 0 Å². The summed E-state index contributed by atoms with van der Waals surface area (Å²) in [4.78, 5) is 10.8. The standard InChI is InChI=1S/C61H36N2.C34H21Br.C33H27BN2O2/c1-3-15-39-33-43(27-25-37(39)13-1)57-48-20-8-9-21-49(48)58(44-28-26-38-14-2-4-16-40(38)34-44)55-36-41(29-31-50(55)57)42-30-32-56-54(35-42)47-19-7-12-24-53(47)61-62-59-51-22-10-5-17-45(51)46-18-6-11-23-52(46)60(59)63(56)61;35-28-17-18-31-32(21-28)34(27-16-14-23-8-2-4-10-25(23)20-27)30-12-6-5-11-29(30)33(31)26-15-13-22-7-1-3-9-24(22)19-26;1-32(2)33(3,4)38-34(37-32)20-17-18-28-27(19-20)23-13-7-10-16-26(23)31-35-29-24-14-8-5-11-21(24)22-12-6-9-15-25(22)30(29)36(28)31/h1-36H;1-21H;5-19H,1-4H3. The molecule has 0 radical (unpaired) electrons. The third-order valence-electron chi connectivity index (χ3n) is 29.5. The molecule has 0 amide bonds. The second-order valence-electron chi connectivity index (χ2n) is 37.6. The number of halogens is 1. The Balaban J connectivity index is 0.000000110. The molecule has 1 aliphatic rings. The summed E-state index contributed by atoms with van der Waals surface area (Å²) in [6.45, 7) is 8.39. The van der Waals surface area contributed by atoms with Gasteiger partial charge in [0, 0.05) is 47.6 Å². The zero-order chi connectivity index (χ0) is 90.3. The van der Waals surface area contributed by atoms with Crippen LogP contribution in [0.4, 0.5) is 0 Å². The Hall–Kier alpha value is -16.2. The third kappa shape index (κ3) is 12.5. The Morgan fingerprint density at radius 1 is 0.213 bits per heavy atom. The zero-order valence-electron chi connectivity index (χ0n) is 75.1. The Bertz CT molecular complexity index is 10000. The lowest BCUT2D eigenvalue weighted by atomic mass is 9.78. The Morgan fingerprint density at radius 3 is 0.868 bits per heavy atom. The summed E-state index contributed by atoms with van der Waals surface area (Å²) in [6, 6.07) is 160. The fourth-order valence-corrected chi connectivity index (χ4v) is 22.8. The van der Waals surface area contributed by atoms with Crippen molar-refractivity contribution >= 4 is 234 Å². The second kappa shape index (κ2) is 31.0. The van der Waals surface area contributed by atoms with E-state index in [9.17, 15) is 0 Å². The van der Waals surface area contributed by atoms with Gasteiger partial charge in [0.05, 0.1) is 44.3 Å². The van der Waals surface area contributed by atoms with Crippen LogP contribution in [-0.2, 0) is 9.31 Å². The first-order valence-corrected chi connectivity index (χ1v) is 47.7. The number of rotatable bonds is 6. The number of fused-ring (bicyclic) bond motifs is 34. The summed E-state index contributed by atoms with van der Waals surface area (Å²) in [5.41, 5.74) is 21.3. The molecule has 5 heterocycles. The molecule has 29 rings (SSSR count). The van der Waals surface area contributed by atoms with E-state index in [2.05, 4.69) is 489 Å². The number of imidazole rings is 2. The molecule has 8 heteroatoms. The highest BCUT2D eigenvalue weighted by Gasteiger charge is 2.52. The van der Waals surface area contributed by atoms with Crippen molar-refractivity contribution in [3.8, 4) is 55.6 Å². The summed E-state index contributed by atoms with van der Waals surface area (Å²) < 4.78 is 18.7. The van der Waals surface area contributed by atoms with Crippen LogP contribution in [0.15, 0.2) is 441 Å². The summed E-state index contributed by atoms with van der Waals surface area (Å²) in [5, 5.41) is 36.9. The summed E-state index contributed by atoms with van der Waals surface area (Å²) >= 11 is 3.76. The highest BCUT2D eigenvalue weighted by molar-refractivity contribution is 9.10. The van der Waals surface area contributed by atoms with Crippen LogP contribution >= 0.6 is 15.9 Å². The van der Waals surface area contributed by atoms with Crippen molar-refractivity contribution < 1.29 is 9.31 Å². The Kier molecular flexibility index (Phi) is 18.1. The van der Waals surface area contributed by atoms with E-state index in [1.54, 1.807) is 0 Å². The molecule has 6 nitrogen and oxygen atoms in total. The molecule has 0 aliphatic carbocycles. The van der Waals surface area contributed by atoms with Crippen LogP contribution in [-0.4, -0.2) is 37.1 Å². The average molecular weight is 1800 g/mol. The number of nitrogens with zero attached hydrogens (tertiary/aromatic N) is 4. The number of hydrogen-bond donors (Lipinski definition) is 0. The lowest BCUT2D eigenvalue weighted by Gasteiger charge is -2.32. The molecule has 24 aromatic carbocycles. The molecule has 0 bridgehead atoms. The van der Waals surface area contributed by atoms with Crippen molar-refractivity contribution in [2.45, 2.75) is 38.9 Å². The SMILES string of the molecule is Brc1ccc2c(-c3ccc4ccccc4c3)c3ccccc3c(-c3ccc4ccccc4c3)c2c1.CC1(C)OB(c2ccc3c(c2)c2ccccc2c2nc4c5ccccc5c5ccccc5c4n32)OC1(C)C.c1ccc2cc(-c3c4ccccc4c(-c4ccc5ccccc5c4)c4cc(-c5ccc6c(c5)c5ccccc5c5nc7c8ccccc8c8ccccc8c7n65)ccc34)ccc2c1. The molecule has 136 heavy (non-hydrogen) atoms. The molecule has 28 aromatic rings.